The molecule has 3 aromatic carbocycles. The standard InChI is InChI=1S/C24H23FN4O4.ClH/c1-31-20-12-10-17-21(22(20)32-2)26-14-27-24(17,33-3)29-16-9-11-18(25)19(13-16)28-23(30)15-7-5-4-6-8-15;/h4-14,29H,1-3H3,(H,26,27)(H,28,30);1H. The van der Waals surface area contributed by atoms with Gasteiger partial charge in [0.25, 0.3) is 11.8 Å². The largest absolute Gasteiger partial charge is 0.493 e. The van der Waals surface area contributed by atoms with Gasteiger partial charge in [0.15, 0.2) is 11.5 Å². The van der Waals surface area contributed by atoms with E-state index < -0.39 is 17.6 Å². The van der Waals surface area contributed by atoms with Gasteiger partial charge < -0.3 is 30.2 Å². The molecule has 0 aromatic heterocycles. The lowest BCUT2D eigenvalue weighted by molar-refractivity contribution is 0.0189. The van der Waals surface area contributed by atoms with Crippen LogP contribution < -0.4 is 25.4 Å². The van der Waals surface area contributed by atoms with Crippen molar-refractivity contribution in [2.24, 2.45) is 4.99 Å². The van der Waals surface area contributed by atoms with Crippen LogP contribution in [0.15, 0.2) is 65.7 Å². The van der Waals surface area contributed by atoms with Crippen molar-refractivity contribution in [3.05, 3.63) is 77.6 Å². The molecule has 3 N–H and O–H groups in total. The lowest BCUT2D eigenvalue weighted by atomic mass is 10.0. The van der Waals surface area contributed by atoms with Crippen LogP contribution in [0.25, 0.3) is 0 Å². The summed E-state index contributed by atoms with van der Waals surface area (Å²) in [5.74, 6) is -1.30. The maximum atomic E-state index is 14.5. The number of benzene rings is 3. The summed E-state index contributed by atoms with van der Waals surface area (Å²) >= 11 is 0. The lowest BCUT2D eigenvalue weighted by Gasteiger charge is -2.35. The highest BCUT2D eigenvalue weighted by Crippen LogP contribution is 2.45. The fourth-order valence-electron chi connectivity index (χ4n) is 3.60. The summed E-state index contributed by atoms with van der Waals surface area (Å²) in [7, 11) is 4.58. The summed E-state index contributed by atoms with van der Waals surface area (Å²) in [5, 5.41) is 8.86. The fourth-order valence-corrected chi connectivity index (χ4v) is 3.60. The summed E-state index contributed by atoms with van der Waals surface area (Å²) in [6, 6.07) is 16.4. The number of nitrogens with one attached hydrogen (secondary N) is 3. The van der Waals surface area contributed by atoms with E-state index in [-0.39, 0.29) is 18.1 Å². The first-order valence-corrected chi connectivity index (χ1v) is 10.1. The number of methoxy groups -OCH3 is 3. The molecule has 0 spiro atoms. The van der Waals surface area contributed by atoms with Crippen LogP contribution in [0.1, 0.15) is 15.9 Å². The third-order valence-electron chi connectivity index (χ3n) is 5.23. The lowest BCUT2D eigenvalue weighted by Crippen LogP contribution is -2.39. The van der Waals surface area contributed by atoms with Gasteiger partial charge in [-0.2, -0.15) is 0 Å². The van der Waals surface area contributed by atoms with Crippen molar-refractivity contribution in [3.8, 4) is 11.5 Å². The van der Waals surface area contributed by atoms with Crippen molar-refractivity contribution < 1.29 is 23.4 Å². The minimum Gasteiger partial charge on any atom is -0.493 e. The maximum absolute atomic E-state index is 14.5. The number of halogens is 2. The Morgan fingerprint density at radius 1 is 1.03 bits per heavy atom. The monoisotopic (exact) mass is 486 g/mol. The SMILES string of the molecule is COc1ccc2c(c1OC)NC=NC2(Nc1ccc(F)c(NC(=O)c2ccccc2)c1)OC.Cl. The van der Waals surface area contributed by atoms with Crippen LogP contribution in [0.5, 0.6) is 11.5 Å². The zero-order valence-electron chi connectivity index (χ0n) is 18.7. The Labute approximate surface area is 202 Å². The second-order valence-corrected chi connectivity index (χ2v) is 7.11. The molecule has 3 aromatic rings. The van der Waals surface area contributed by atoms with Gasteiger partial charge in [-0.25, -0.2) is 9.38 Å². The van der Waals surface area contributed by atoms with E-state index >= 15 is 0 Å². The molecule has 1 aliphatic rings. The Kier molecular flexibility index (Phi) is 7.60. The number of nitrogens with zero attached hydrogens (tertiary/aromatic N) is 1. The van der Waals surface area contributed by atoms with Gasteiger partial charge in [0, 0.05) is 18.4 Å². The highest BCUT2D eigenvalue weighted by molar-refractivity contribution is 6.04. The van der Waals surface area contributed by atoms with Crippen molar-refractivity contribution in [2.45, 2.75) is 5.85 Å². The molecular formula is C24H24ClFN4O4. The average Bonchev–Trinajstić information content (AvgIpc) is 2.85. The number of hydrogen-bond acceptors (Lipinski definition) is 7. The summed E-state index contributed by atoms with van der Waals surface area (Å²) in [5.41, 5.74) is 2.15. The molecule has 1 atom stereocenters. The van der Waals surface area contributed by atoms with Crippen LogP contribution in [-0.4, -0.2) is 33.6 Å². The number of aliphatic imine (C=N–C) groups is 1. The van der Waals surface area contributed by atoms with Crippen LogP contribution in [0.3, 0.4) is 0 Å². The van der Waals surface area contributed by atoms with Crippen LogP contribution in [0, 0.1) is 5.82 Å². The van der Waals surface area contributed by atoms with Gasteiger partial charge >= 0.3 is 0 Å². The van der Waals surface area contributed by atoms with E-state index in [9.17, 15) is 9.18 Å². The molecule has 10 heteroatoms. The summed E-state index contributed by atoms with van der Waals surface area (Å²) in [6.45, 7) is 0. The molecule has 0 saturated carbocycles. The first-order chi connectivity index (χ1) is 16.0. The summed E-state index contributed by atoms with van der Waals surface area (Å²) in [6.07, 6.45) is 1.47. The zero-order chi connectivity index (χ0) is 23.4. The molecule has 0 saturated heterocycles. The number of amides is 1. The molecule has 0 bridgehead atoms. The smallest absolute Gasteiger partial charge is 0.268 e. The molecule has 0 radical (unpaired) electrons. The first-order valence-electron chi connectivity index (χ1n) is 10.1. The van der Waals surface area contributed by atoms with Crippen LogP contribution in [0.2, 0.25) is 0 Å². The number of anilines is 3. The van der Waals surface area contributed by atoms with Gasteiger partial charge in [-0.15, -0.1) is 12.4 Å². The first kappa shape index (κ1) is 24.8. The van der Waals surface area contributed by atoms with Gasteiger partial charge in [0.05, 0.1) is 37.5 Å². The Bertz CT molecular complexity index is 1210. The van der Waals surface area contributed by atoms with E-state index in [0.717, 1.165) is 0 Å². The number of hydrogen-bond donors (Lipinski definition) is 3. The second-order valence-electron chi connectivity index (χ2n) is 7.11. The van der Waals surface area contributed by atoms with Crippen LogP contribution in [-0.2, 0) is 10.6 Å². The predicted molar refractivity (Wildman–Crippen MR) is 132 cm³/mol. The Morgan fingerprint density at radius 2 is 1.79 bits per heavy atom. The molecule has 1 heterocycles. The highest BCUT2D eigenvalue weighted by atomic mass is 35.5. The minimum atomic E-state index is -1.33. The molecule has 0 fully saturated rings. The molecule has 1 unspecified atom stereocenters. The van der Waals surface area contributed by atoms with Crippen molar-refractivity contribution in [3.63, 3.8) is 0 Å². The Balaban J connectivity index is 0.00000324. The third kappa shape index (κ3) is 4.61. The van der Waals surface area contributed by atoms with Crippen molar-refractivity contribution in [1.29, 1.82) is 0 Å². The Hall–Kier alpha value is -3.82. The van der Waals surface area contributed by atoms with Crippen LogP contribution >= 0.6 is 12.4 Å². The zero-order valence-corrected chi connectivity index (χ0v) is 19.5. The number of fused-ring (bicyclic) bond motifs is 1. The van der Waals surface area contributed by atoms with Crippen molar-refractivity contribution in [1.82, 2.24) is 0 Å². The maximum Gasteiger partial charge on any atom is 0.268 e. The van der Waals surface area contributed by atoms with Crippen LogP contribution in [0.4, 0.5) is 21.5 Å². The van der Waals surface area contributed by atoms with E-state index in [0.29, 0.717) is 34.0 Å². The third-order valence-corrected chi connectivity index (χ3v) is 5.23. The van der Waals surface area contributed by atoms with E-state index in [2.05, 4.69) is 20.9 Å². The van der Waals surface area contributed by atoms with E-state index in [1.54, 1.807) is 49.6 Å². The Morgan fingerprint density at radius 3 is 2.47 bits per heavy atom. The summed E-state index contributed by atoms with van der Waals surface area (Å²) in [4.78, 5) is 17.0. The topological polar surface area (TPSA) is 93.2 Å². The molecule has 4 rings (SSSR count). The normalized spacial score (nSPS) is 15.9. The molecule has 0 aliphatic carbocycles. The number of ether oxygens (including phenoxy) is 3. The summed E-state index contributed by atoms with van der Waals surface area (Å²) < 4.78 is 31.1. The fraction of sp³-hybridized carbons (Fsp3) is 0.167. The van der Waals surface area contributed by atoms with Gasteiger partial charge in [-0.3, -0.25) is 4.79 Å². The van der Waals surface area contributed by atoms with E-state index in [1.807, 2.05) is 0 Å². The van der Waals surface area contributed by atoms with Gasteiger partial charge in [-0.05, 0) is 42.5 Å². The molecule has 178 valence electrons. The van der Waals surface area contributed by atoms with E-state index in [4.69, 9.17) is 14.2 Å². The molecule has 1 amide bonds. The van der Waals surface area contributed by atoms with Gasteiger partial charge in [-0.1, -0.05) is 18.2 Å². The van der Waals surface area contributed by atoms with Crippen molar-refractivity contribution in [2.75, 3.05) is 37.3 Å². The van der Waals surface area contributed by atoms with E-state index in [1.165, 1.54) is 38.8 Å². The molecule has 1 aliphatic heterocycles. The number of carbonyl (C=O) groups excluding carboxylic acids is 1. The average molecular weight is 487 g/mol. The predicted octanol–water partition coefficient (Wildman–Crippen LogP) is 4.84. The molecule has 8 nitrogen and oxygen atoms in total. The van der Waals surface area contributed by atoms with Gasteiger partial charge in [0.2, 0.25) is 0 Å². The molecule has 34 heavy (non-hydrogen) atoms. The van der Waals surface area contributed by atoms with Crippen molar-refractivity contribution >= 4 is 41.7 Å². The number of carbonyl (C=O) groups is 1. The molecular weight excluding hydrogens is 463 g/mol. The highest BCUT2D eigenvalue weighted by Gasteiger charge is 2.38. The number of rotatable bonds is 7. The minimum absolute atomic E-state index is 0. The quantitative estimate of drug-likeness (QED) is 0.414. The second kappa shape index (κ2) is 10.4. The van der Waals surface area contributed by atoms with Gasteiger partial charge in [0.1, 0.15) is 5.82 Å².